The smallest absolute Gasteiger partial charge is 0.313 e. The van der Waals surface area contributed by atoms with Gasteiger partial charge in [0.05, 0.1) is 11.2 Å². The Bertz CT molecular complexity index is 466. The summed E-state index contributed by atoms with van der Waals surface area (Å²) < 4.78 is 31.9. The monoisotopic (exact) mass is 388 g/mol. The van der Waals surface area contributed by atoms with Crippen LogP contribution in [0.3, 0.4) is 0 Å². The molecule has 2 atom stereocenters. The third-order valence-electron chi connectivity index (χ3n) is 3.22. The highest BCUT2D eigenvalue weighted by Crippen LogP contribution is 2.40. The molecule has 0 aliphatic carbocycles. The van der Waals surface area contributed by atoms with Gasteiger partial charge in [-0.15, -0.1) is 0 Å². The van der Waals surface area contributed by atoms with Crippen LogP contribution in [0.25, 0.3) is 0 Å². The Balaban J connectivity index is 4.08. The van der Waals surface area contributed by atoms with Crippen LogP contribution >= 0.6 is 15.5 Å². The minimum absolute atomic E-state index is 0.0291. The van der Waals surface area contributed by atoms with Gasteiger partial charge in [0.25, 0.3) is 0 Å². The van der Waals surface area contributed by atoms with Crippen molar-refractivity contribution in [1.82, 2.24) is 0 Å². The Morgan fingerprint density at radius 3 is 1.42 bits per heavy atom. The van der Waals surface area contributed by atoms with Gasteiger partial charge in [0.15, 0.2) is 0 Å². The second-order valence-electron chi connectivity index (χ2n) is 7.08. The van der Waals surface area contributed by atoms with Crippen molar-refractivity contribution in [1.29, 1.82) is 0 Å². The number of Topliss-reactive ketones (excluding diaryl/α,β-unsaturated/α-hetero) is 1. The fourth-order valence-electron chi connectivity index (χ4n) is 2.35. The minimum Gasteiger partial charge on any atom is -0.313 e. The fourth-order valence-corrected chi connectivity index (χ4v) is 3.95. The fraction of sp³-hybridized carbons (Fsp3) is 0.923. The first-order chi connectivity index (χ1) is 10.5. The molecule has 24 heavy (non-hydrogen) atoms. The van der Waals surface area contributed by atoms with E-state index in [1.54, 1.807) is 27.7 Å². The maximum absolute atomic E-state index is 11.8. The standard InChI is InChI=1S/C13H30N2O7P2/c1-12(2,21-23(14,17)18)9-5-7-11(16)8-6-10-13(3,4)22-24(15,19)20/h5-10H2,1-4H3,(H3,14,17,18)(H3,15,19,20). The summed E-state index contributed by atoms with van der Waals surface area (Å²) in [5.74, 6) is 0.0291. The van der Waals surface area contributed by atoms with Crippen LogP contribution in [0.15, 0.2) is 0 Å². The third-order valence-corrected chi connectivity index (χ3v) is 4.74. The van der Waals surface area contributed by atoms with Crippen molar-refractivity contribution >= 4 is 21.3 Å². The lowest BCUT2D eigenvalue weighted by Crippen LogP contribution is -2.25. The third kappa shape index (κ3) is 14.3. The summed E-state index contributed by atoms with van der Waals surface area (Å²) in [6, 6.07) is 0. The van der Waals surface area contributed by atoms with Crippen molar-refractivity contribution < 1.29 is 32.8 Å². The quantitative estimate of drug-likeness (QED) is 0.368. The lowest BCUT2D eigenvalue weighted by molar-refractivity contribution is -0.119. The highest BCUT2D eigenvalue weighted by atomic mass is 31.2. The van der Waals surface area contributed by atoms with Crippen molar-refractivity contribution in [2.24, 2.45) is 11.0 Å². The van der Waals surface area contributed by atoms with Crippen molar-refractivity contribution in [3.8, 4) is 0 Å². The maximum atomic E-state index is 11.8. The second-order valence-corrected chi connectivity index (χ2v) is 9.70. The molecule has 9 nitrogen and oxygen atoms in total. The Morgan fingerprint density at radius 1 is 0.875 bits per heavy atom. The molecule has 0 rings (SSSR count). The molecule has 0 aliphatic heterocycles. The van der Waals surface area contributed by atoms with Gasteiger partial charge in [-0.1, -0.05) is 0 Å². The molecule has 0 saturated carbocycles. The number of carbonyl (C=O) groups excluding carboxylic acids is 1. The van der Waals surface area contributed by atoms with Crippen LogP contribution in [-0.4, -0.2) is 26.8 Å². The lowest BCUT2D eigenvalue weighted by atomic mass is 9.97. The predicted octanol–water partition coefficient (Wildman–Crippen LogP) is 2.60. The van der Waals surface area contributed by atoms with Crippen LogP contribution in [0.4, 0.5) is 0 Å². The summed E-state index contributed by atoms with van der Waals surface area (Å²) >= 11 is 0. The van der Waals surface area contributed by atoms with E-state index in [1.807, 2.05) is 0 Å². The van der Waals surface area contributed by atoms with E-state index in [0.717, 1.165) is 0 Å². The normalized spacial score (nSPS) is 18.0. The average Bonchev–Trinajstić information content (AvgIpc) is 2.20. The van der Waals surface area contributed by atoms with E-state index in [-0.39, 0.29) is 5.78 Å². The van der Waals surface area contributed by atoms with Crippen LogP contribution in [0, 0.1) is 0 Å². The molecule has 11 heteroatoms. The van der Waals surface area contributed by atoms with E-state index in [9.17, 15) is 13.9 Å². The Morgan fingerprint density at radius 2 is 1.17 bits per heavy atom. The number of ketones is 1. The number of hydrogen-bond acceptors (Lipinski definition) is 5. The van der Waals surface area contributed by atoms with E-state index >= 15 is 0 Å². The van der Waals surface area contributed by atoms with Crippen LogP contribution in [0.1, 0.15) is 66.2 Å². The van der Waals surface area contributed by atoms with Gasteiger partial charge in [0.2, 0.25) is 0 Å². The van der Waals surface area contributed by atoms with Crippen LogP contribution < -0.4 is 11.0 Å². The van der Waals surface area contributed by atoms with E-state index < -0.39 is 26.7 Å². The van der Waals surface area contributed by atoms with Gasteiger partial charge >= 0.3 is 15.5 Å². The molecule has 0 saturated heterocycles. The summed E-state index contributed by atoms with van der Waals surface area (Å²) in [6.45, 7) is 6.53. The zero-order valence-electron chi connectivity index (χ0n) is 14.7. The van der Waals surface area contributed by atoms with Crippen LogP contribution in [0.2, 0.25) is 0 Å². The topological polar surface area (TPSA) is 162 Å². The summed E-state index contributed by atoms with van der Waals surface area (Å²) in [5, 5.41) is 0. The molecule has 144 valence electrons. The Kier molecular flexibility index (Phi) is 8.97. The molecule has 0 heterocycles. The maximum Gasteiger partial charge on any atom is 0.400 e. The van der Waals surface area contributed by atoms with Gasteiger partial charge in [-0.25, -0.2) is 20.1 Å². The Hall–Kier alpha value is -0.110. The molecule has 0 spiro atoms. The van der Waals surface area contributed by atoms with Gasteiger partial charge in [-0.2, -0.15) is 0 Å². The van der Waals surface area contributed by atoms with E-state index in [1.165, 1.54) is 0 Å². The van der Waals surface area contributed by atoms with E-state index in [0.29, 0.717) is 38.5 Å². The molecule has 0 aromatic carbocycles. The molecule has 0 aliphatic rings. The van der Waals surface area contributed by atoms with Gasteiger partial charge in [0.1, 0.15) is 5.78 Å². The zero-order valence-corrected chi connectivity index (χ0v) is 16.5. The molecule has 2 unspecified atom stereocenters. The molecule has 0 amide bonds. The highest BCUT2D eigenvalue weighted by molar-refractivity contribution is 7.50. The molecule has 0 aromatic rings. The number of nitrogens with two attached hydrogens (primary N) is 2. The van der Waals surface area contributed by atoms with Gasteiger partial charge in [0, 0.05) is 12.8 Å². The van der Waals surface area contributed by atoms with Crippen LogP contribution in [0.5, 0.6) is 0 Å². The van der Waals surface area contributed by atoms with Crippen LogP contribution in [-0.2, 0) is 23.0 Å². The molecular formula is C13H30N2O7P2. The summed E-state index contributed by atoms with van der Waals surface area (Å²) in [4.78, 5) is 29.9. The van der Waals surface area contributed by atoms with Gasteiger partial charge in [-0.3, -0.25) is 13.8 Å². The first-order valence-electron chi connectivity index (χ1n) is 7.67. The summed E-state index contributed by atoms with van der Waals surface area (Å²) in [5.41, 5.74) is 8.15. The lowest BCUT2D eigenvalue weighted by Gasteiger charge is -2.26. The zero-order chi connectivity index (χ0) is 19.2. The van der Waals surface area contributed by atoms with Gasteiger partial charge in [-0.05, 0) is 53.4 Å². The second kappa shape index (κ2) is 9.01. The number of rotatable bonds is 12. The average molecular weight is 388 g/mol. The first kappa shape index (κ1) is 23.9. The number of hydrogen-bond donors (Lipinski definition) is 4. The van der Waals surface area contributed by atoms with Crippen molar-refractivity contribution in [2.75, 3.05) is 0 Å². The Labute approximate surface area is 143 Å². The largest absolute Gasteiger partial charge is 0.400 e. The first-order valence-corrected chi connectivity index (χ1v) is 11.0. The molecule has 0 radical (unpaired) electrons. The van der Waals surface area contributed by atoms with E-state index in [2.05, 4.69) is 0 Å². The summed E-state index contributed by atoms with van der Waals surface area (Å²) in [6.07, 6.45) is 2.44. The molecule has 0 fully saturated rings. The van der Waals surface area contributed by atoms with Crippen molar-refractivity contribution in [3.05, 3.63) is 0 Å². The molecule has 0 bridgehead atoms. The van der Waals surface area contributed by atoms with E-state index in [4.69, 9.17) is 29.8 Å². The predicted molar refractivity (Wildman–Crippen MR) is 91.1 cm³/mol. The highest BCUT2D eigenvalue weighted by Gasteiger charge is 2.28. The number of carbonyl (C=O) groups is 1. The molecule has 0 aromatic heterocycles. The van der Waals surface area contributed by atoms with Crippen molar-refractivity contribution in [3.63, 3.8) is 0 Å². The van der Waals surface area contributed by atoms with Gasteiger partial charge < -0.3 is 9.79 Å². The molecular weight excluding hydrogens is 358 g/mol. The van der Waals surface area contributed by atoms with Crippen molar-refractivity contribution in [2.45, 2.75) is 77.4 Å². The minimum atomic E-state index is -4.06. The SMILES string of the molecule is CC(C)(CCCC(=O)CCCC(C)(C)OP(N)(=O)O)OP(N)(=O)O. The molecule has 6 N–H and O–H groups in total. The summed E-state index contributed by atoms with van der Waals surface area (Å²) in [7, 11) is -8.11.